The molecular formula is C18H28N2O. The summed E-state index contributed by atoms with van der Waals surface area (Å²) in [5.74, 6) is 0.178. The lowest BCUT2D eigenvalue weighted by molar-refractivity contribution is -0.123. The Morgan fingerprint density at radius 2 is 1.90 bits per heavy atom. The van der Waals surface area contributed by atoms with E-state index in [0.717, 1.165) is 37.9 Å². The molecule has 0 saturated carbocycles. The molecule has 1 aliphatic heterocycles. The molecule has 0 spiro atoms. The van der Waals surface area contributed by atoms with Gasteiger partial charge in [-0.15, -0.1) is 0 Å². The first kappa shape index (κ1) is 16.0. The zero-order valence-corrected chi connectivity index (χ0v) is 13.3. The summed E-state index contributed by atoms with van der Waals surface area (Å²) in [6.07, 6.45) is 4.22. The van der Waals surface area contributed by atoms with E-state index in [1.165, 1.54) is 13.0 Å². The molecule has 1 aliphatic rings. The van der Waals surface area contributed by atoms with Crippen LogP contribution in [0, 0.1) is 0 Å². The predicted octanol–water partition coefficient (Wildman–Crippen LogP) is 3.17. The van der Waals surface area contributed by atoms with Gasteiger partial charge in [0.1, 0.15) is 0 Å². The van der Waals surface area contributed by atoms with Crippen molar-refractivity contribution >= 4 is 5.91 Å². The average molecular weight is 288 g/mol. The van der Waals surface area contributed by atoms with Gasteiger partial charge in [0.15, 0.2) is 0 Å². The third kappa shape index (κ3) is 4.57. The standard InChI is InChI=1S/C18H28N2O/c1-3-12-20-13-10-16(11-14-20)19-18(21)17(4-2)15-8-6-5-7-9-15/h5-9,16-17H,3-4,10-14H2,1-2H3,(H,19,21). The van der Waals surface area contributed by atoms with Crippen LogP contribution >= 0.6 is 0 Å². The highest BCUT2D eigenvalue weighted by atomic mass is 16.1. The second kappa shape index (κ2) is 8.18. The Morgan fingerprint density at radius 3 is 2.48 bits per heavy atom. The molecular weight excluding hydrogens is 260 g/mol. The molecule has 0 aliphatic carbocycles. The minimum atomic E-state index is -0.0140. The third-order valence-electron chi connectivity index (χ3n) is 4.40. The summed E-state index contributed by atoms with van der Waals surface area (Å²) < 4.78 is 0. The smallest absolute Gasteiger partial charge is 0.227 e. The van der Waals surface area contributed by atoms with E-state index >= 15 is 0 Å². The first-order valence-corrected chi connectivity index (χ1v) is 8.32. The molecule has 0 radical (unpaired) electrons. The Kier molecular flexibility index (Phi) is 6.24. The molecule has 3 heteroatoms. The summed E-state index contributed by atoms with van der Waals surface area (Å²) in [5, 5.41) is 3.27. The van der Waals surface area contributed by atoms with Crippen LogP contribution in [0.1, 0.15) is 51.0 Å². The average Bonchev–Trinajstić information content (AvgIpc) is 2.51. The first-order valence-electron chi connectivity index (χ1n) is 8.32. The first-order chi connectivity index (χ1) is 10.2. The zero-order valence-electron chi connectivity index (χ0n) is 13.3. The van der Waals surface area contributed by atoms with E-state index in [4.69, 9.17) is 0 Å². The lowest BCUT2D eigenvalue weighted by Gasteiger charge is -2.32. The number of piperidine rings is 1. The van der Waals surface area contributed by atoms with Crippen LogP contribution in [0.4, 0.5) is 0 Å². The molecule has 1 aromatic carbocycles. The van der Waals surface area contributed by atoms with Gasteiger partial charge in [0.05, 0.1) is 5.92 Å². The summed E-state index contributed by atoms with van der Waals surface area (Å²) in [6, 6.07) is 10.5. The Bertz CT molecular complexity index is 424. The minimum Gasteiger partial charge on any atom is -0.353 e. The van der Waals surface area contributed by atoms with Gasteiger partial charge in [-0.1, -0.05) is 44.2 Å². The number of amides is 1. The summed E-state index contributed by atoms with van der Waals surface area (Å²) in [7, 11) is 0. The topological polar surface area (TPSA) is 32.3 Å². The summed E-state index contributed by atoms with van der Waals surface area (Å²) in [5.41, 5.74) is 1.13. The molecule has 1 atom stereocenters. The van der Waals surface area contributed by atoms with Crippen molar-refractivity contribution in [1.82, 2.24) is 10.2 Å². The van der Waals surface area contributed by atoms with E-state index in [-0.39, 0.29) is 11.8 Å². The molecule has 1 aromatic rings. The number of nitrogens with zero attached hydrogens (tertiary/aromatic N) is 1. The molecule has 1 amide bonds. The van der Waals surface area contributed by atoms with Crippen LogP contribution in [-0.4, -0.2) is 36.5 Å². The molecule has 3 nitrogen and oxygen atoms in total. The number of hydrogen-bond donors (Lipinski definition) is 1. The highest BCUT2D eigenvalue weighted by Gasteiger charge is 2.24. The Morgan fingerprint density at radius 1 is 1.24 bits per heavy atom. The third-order valence-corrected chi connectivity index (χ3v) is 4.40. The molecule has 0 aromatic heterocycles. The van der Waals surface area contributed by atoms with Crippen LogP contribution in [0.3, 0.4) is 0 Å². The highest BCUT2D eigenvalue weighted by Crippen LogP contribution is 2.20. The normalized spacial score (nSPS) is 18.4. The van der Waals surface area contributed by atoms with Crippen LogP contribution in [-0.2, 0) is 4.79 Å². The quantitative estimate of drug-likeness (QED) is 0.872. The van der Waals surface area contributed by atoms with Gasteiger partial charge in [-0.2, -0.15) is 0 Å². The van der Waals surface area contributed by atoms with Gasteiger partial charge in [-0.05, 0) is 37.8 Å². The zero-order chi connectivity index (χ0) is 15.1. The lowest BCUT2D eigenvalue weighted by atomic mass is 9.94. The predicted molar refractivity (Wildman–Crippen MR) is 87.4 cm³/mol. The van der Waals surface area contributed by atoms with E-state index in [1.807, 2.05) is 18.2 Å². The summed E-state index contributed by atoms with van der Waals surface area (Å²) in [6.45, 7) is 7.71. The van der Waals surface area contributed by atoms with Crippen molar-refractivity contribution in [2.45, 2.75) is 51.5 Å². The van der Waals surface area contributed by atoms with Gasteiger partial charge in [-0.3, -0.25) is 4.79 Å². The van der Waals surface area contributed by atoms with E-state index in [1.54, 1.807) is 0 Å². The van der Waals surface area contributed by atoms with Crippen molar-refractivity contribution < 1.29 is 4.79 Å². The number of carbonyl (C=O) groups excluding carboxylic acids is 1. The maximum atomic E-state index is 12.5. The molecule has 2 rings (SSSR count). The van der Waals surface area contributed by atoms with Crippen LogP contribution in [0.25, 0.3) is 0 Å². The van der Waals surface area contributed by atoms with Gasteiger partial charge in [0.2, 0.25) is 5.91 Å². The molecule has 21 heavy (non-hydrogen) atoms. The number of nitrogens with one attached hydrogen (secondary N) is 1. The van der Waals surface area contributed by atoms with E-state index in [2.05, 4.69) is 36.2 Å². The van der Waals surface area contributed by atoms with Crippen molar-refractivity contribution in [2.75, 3.05) is 19.6 Å². The molecule has 1 N–H and O–H groups in total. The second-order valence-corrected chi connectivity index (χ2v) is 6.00. The van der Waals surface area contributed by atoms with Crippen molar-refractivity contribution in [3.8, 4) is 0 Å². The monoisotopic (exact) mass is 288 g/mol. The Balaban J connectivity index is 1.86. The van der Waals surface area contributed by atoms with Crippen molar-refractivity contribution in [2.24, 2.45) is 0 Å². The minimum absolute atomic E-state index is 0.0140. The van der Waals surface area contributed by atoms with Crippen LogP contribution < -0.4 is 5.32 Å². The number of carbonyl (C=O) groups is 1. The van der Waals surface area contributed by atoms with E-state index < -0.39 is 0 Å². The molecule has 1 unspecified atom stereocenters. The fraction of sp³-hybridized carbons (Fsp3) is 0.611. The van der Waals surface area contributed by atoms with Gasteiger partial charge in [0, 0.05) is 19.1 Å². The summed E-state index contributed by atoms with van der Waals surface area (Å²) >= 11 is 0. The van der Waals surface area contributed by atoms with Gasteiger partial charge < -0.3 is 10.2 Å². The van der Waals surface area contributed by atoms with Crippen molar-refractivity contribution in [1.29, 1.82) is 0 Å². The molecule has 1 fully saturated rings. The lowest BCUT2D eigenvalue weighted by Crippen LogP contribution is -2.46. The number of benzene rings is 1. The summed E-state index contributed by atoms with van der Waals surface area (Å²) in [4.78, 5) is 15.0. The fourth-order valence-corrected chi connectivity index (χ4v) is 3.18. The maximum absolute atomic E-state index is 12.5. The van der Waals surface area contributed by atoms with Gasteiger partial charge >= 0.3 is 0 Å². The number of hydrogen-bond acceptors (Lipinski definition) is 2. The SMILES string of the molecule is CCCN1CCC(NC(=O)C(CC)c2ccccc2)CC1. The Labute approximate surface area is 128 Å². The largest absolute Gasteiger partial charge is 0.353 e. The Hall–Kier alpha value is -1.35. The van der Waals surface area contributed by atoms with Crippen LogP contribution in [0.5, 0.6) is 0 Å². The maximum Gasteiger partial charge on any atom is 0.227 e. The molecule has 0 bridgehead atoms. The van der Waals surface area contributed by atoms with Crippen molar-refractivity contribution in [3.63, 3.8) is 0 Å². The number of likely N-dealkylation sites (tertiary alicyclic amines) is 1. The van der Waals surface area contributed by atoms with Gasteiger partial charge in [-0.25, -0.2) is 0 Å². The highest BCUT2D eigenvalue weighted by molar-refractivity contribution is 5.83. The molecule has 1 heterocycles. The van der Waals surface area contributed by atoms with E-state index in [0.29, 0.717) is 6.04 Å². The van der Waals surface area contributed by atoms with Crippen LogP contribution in [0.2, 0.25) is 0 Å². The van der Waals surface area contributed by atoms with Crippen molar-refractivity contribution in [3.05, 3.63) is 35.9 Å². The number of rotatable bonds is 6. The van der Waals surface area contributed by atoms with Crippen LogP contribution in [0.15, 0.2) is 30.3 Å². The van der Waals surface area contributed by atoms with Gasteiger partial charge in [0.25, 0.3) is 0 Å². The second-order valence-electron chi connectivity index (χ2n) is 6.00. The van der Waals surface area contributed by atoms with E-state index in [9.17, 15) is 4.79 Å². The fourth-order valence-electron chi connectivity index (χ4n) is 3.18. The molecule has 116 valence electrons. The molecule has 1 saturated heterocycles.